The lowest BCUT2D eigenvalue weighted by atomic mass is 9.93. The van der Waals surface area contributed by atoms with Gasteiger partial charge in [0.15, 0.2) is 11.6 Å². The topological polar surface area (TPSA) is 96.2 Å². The maximum absolute atomic E-state index is 15.3. The van der Waals surface area contributed by atoms with E-state index in [-0.39, 0.29) is 29.2 Å². The van der Waals surface area contributed by atoms with Crippen LogP contribution in [0.15, 0.2) is 47.5 Å². The van der Waals surface area contributed by atoms with Gasteiger partial charge in [0.2, 0.25) is 0 Å². The van der Waals surface area contributed by atoms with Crippen molar-refractivity contribution in [2.45, 2.75) is 62.2 Å². The van der Waals surface area contributed by atoms with Gasteiger partial charge in [-0.15, -0.1) is 10.2 Å². The Morgan fingerprint density at radius 1 is 1.11 bits per heavy atom. The zero-order chi connectivity index (χ0) is 24.3. The van der Waals surface area contributed by atoms with E-state index in [1.165, 1.54) is 16.8 Å². The summed E-state index contributed by atoms with van der Waals surface area (Å²) in [6.07, 6.45) is 6.47. The number of anilines is 1. The fraction of sp³-hybridized carbons (Fsp3) is 0.440. The molecular formula is C25H26F2N6O2. The van der Waals surface area contributed by atoms with Crippen molar-refractivity contribution in [2.75, 3.05) is 4.90 Å². The Bertz CT molecular complexity index is 1320. The Balaban J connectivity index is 1.28. The zero-order valence-electron chi connectivity index (χ0n) is 19.2. The average Bonchev–Trinajstić information content (AvgIpc) is 3.58. The lowest BCUT2D eigenvalue weighted by Crippen LogP contribution is -2.63. The summed E-state index contributed by atoms with van der Waals surface area (Å²) >= 11 is 0. The minimum absolute atomic E-state index is 0.0246. The maximum Gasteiger partial charge on any atom is 0.283 e. The summed E-state index contributed by atoms with van der Waals surface area (Å²) in [7, 11) is 1.67. The predicted molar refractivity (Wildman–Crippen MR) is 126 cm³/mol. The fourth-order valence-corrected chi connectivity index (χ4v) is 5.36. The van der Waals surface area contributed by atoms with Gasteiger partial charge < -0.3 is 19.9 Å². The molecule has 4 heterocycles. The van der Waals surface area contributed by atoms with E-state index in [1.807, 2.05) is 0 Å². The van der Waals surface area contributed by atoms with E-state index in [9.17, 15) is 9.90 Å². The first-order chi connectivity index (χ1) is 16.8. The Hall–Kier alpha value is -3.40. The number of rotatable bonds is 5. The predicted octanol–water partition coefficient (Wildman–Crippen LogP) is 3.11. The highest BCUT2D eigenvalue weighted by Gasteiger charge is 2.58. The average molecular weight is 481 g/mol. The van der Waals surface area contributed by atoms with Gasteiger partial charge in [-0.05, 0) is 61.4 Å². The molecule has 182 valence electrons. The van der Waals surface area contributed by atoms with E-state index in [1.54, 1.807) is 42.4 Å². The number of aryl methyl sites for hydroxylation is 1. The van der Waals surface area contributed by atoms with Crippen LogP contribution in [0, 0.1) is 0 Å². The number of aromatic hydroxyl groups is 1. The molecule has 35 heavy (non-hydrogen) atoms. The molecule has 2 bridgehead atoms. The number of phenolic OH excluding ortho intramolecular Hbond substituents is 1. The van der Waals surface area contributed by atoms with Crippen LogP contribution in [-0.4, -0.2) is 54.9 Å². The highest BCUT2D eigenvalue weighted by atomic mass is 19.3. The molecule has 3 aromatic rings. The third kappa shape index (κ3) is 3.85. The van der Waals surface area contributed by atoms with Crippen molar-refractivity contribution < 1.29 is 13.9 Å². The van der Waals surface area contributed by atoms with Crippen molar-refractivity contribution in [1.82, 2.24) is 25.1 Å². The Labute approximate surface area is 200 Å². The molecule has 0 amide bonds. The molecule has 0 unspecified atom stereocenters. The standard InChI is InChI=1S/C25H26F2N6O2/c1-32-9-8-15(11-23(32)35)14-2-6-18(19(34)10-14)24-28-13-22(30-31-24)33(17-4-5-17)21-12-16-3-7-20(29-16)25(21,26)27/h2,6,8-11,13,16-17,20-21,29,34H,3-5,7,12H2,1H3/t16-,20+,21+/m1/s1. The zero-order valence-corrected chi connectivity index (χ0v) is 19.2. The fourth-order valence-electron chi connectivity index (χ4n) is 5.36. The summed E-state index contributed by atoms with van der Waals surface area (Å²) in [5, 5.41) is 22.2. The minimum atomic E-state index is -2.86. The summed E-state index contributed by atoms with van der Waals surface area (Å²) in [6.45, 7) is 0. The normalized spacial score (nSPS) is 24.9. The number of aromatic nitrogens is 4. The molecule has 2 aliphatic heterocycles. The molecule has 1 saturated carbocycles. The number of phenols is 1. The molecule has 2 aromatic heterocycles. The molecule has 2 saturated heterocycles. The van der Waals surface area contributed by atoms with Gasteiger partial charge in [-0.3, -0.25) is 4.79 Å². The first-order valence-electron chi connectivity index (χ1n) is 11.9. The number of pyridine rings is 1. The van der Waals surface area contributed by atoms with Crippen molar-refractivity contribution in [3.63, 3.8) is 0 Å². The molecule has 10 heteroatoms. The first-order valence-corrected chi connectivity index (χ1v) is 11.9. The molecular weight excluding hydrogens is 454 g/mol. The lowest BCUT2D eigenvalue weighted by Gasteiger charge is -2.43. The first kappa shape index (κ1) is 22.1. The van der Waals surface area contributed by atoms with Gasteiger partial charge in [0.25, 0.3) is 11.5 Å². The van der Waals surface area contributed by atoms with Crippen LogP contribution in [-0.2, 0) is 7.05 Å². The number of halogens is 2. The summed E-state index contributed by atoms with van der Waals surface area (Å²) in [4.78, 5) is 18.0. The molecule has 1 aliphatic carbocycles. The van der Waals surface area contributed by atoms with Gasteiger partial charge in [-0.25, -0.2) is 13.8 Å². The number of fused-ring (bicyclic) bond motifs is 2. The highest BCUT2D eigenvalue weighted by Crippen LogP contribution is 2.45. The highest BCUT2D eigenvalue weighted by molar-refractivity contribution is 5.72. The Kier molecular flexibility index (Phi) is 5.10. The number of hydrogen-bond acceptors (Lipinski definition) is 7. The van der Waals surface area contributed by atoms with Crippen LogP contribution in [0.1, 0.15) is 32.1 Å². The molecule has 3 fully saturated rings. The third-order valence-electron chi connectivity index (χ3n) is 7.42. The SMILES string of the molecule is Cn1ccc(-c2ccc(-c3ncc(N(C4CC4)[C@H]4C[C@H]5CC[C@H](N5)C4(F)F)nn3)c(O)c2)cc1=O. The summed E-state index contributed by atoms with van der Waals surface area (Å²) < 4.78 is 32.0. The largest absolute Gasteiger partial charge is 0.507 e. The summed E-state index contributed by atoms with van der Waals surface area (Å²) in [5.74, 6) is -2.37. The minimum Gasteiger partial charge on any atom is -0.507 e. The van der Waals surface area contributed by atoms with Crippen molar-refractivity contribution in [1.29, 1.82) is 0 Å². The van der Waals surface area contributed by atoms with Crippen LogP contribution in [0.4, 0.5) is 14.6 Å². The van der Waals surface area contributed by atoms with Crippen LogP contribution < -0.4 is 15.8 Å². The van der Waals surface area contributed by atoms with Gasteiger partial charge in [0.1, 0.15) is 5.75 Å². The van der Waals surface area contributed by atoms with E-state index >= 15 is 8.78 Å². The number of piperidine rings is 1. The van der Waals surface area contributed by atoms with E-state index < -0.39 is 18.0 Å². The van der Waals surface area contributed by atoms with Gasteiger partial charge in [0.05, 0.1) is 23.8 Å². The number of hydrogen-bond donors (Lipinski definition) is 2. The van der Waals surface area contributed by atoms with E-state index in [0.29, 0.717) is 35.3 Å². The van der Waals surface area contributed by atoms with Crippen LogP contribution in [0.25, 0.3) is 22.5 Å². The van der Waals surface area contributed by atoms with Crippen LogP contribution in [0.2, 0.25) is 0 Å². The maximum atomic E-state index is 15.3. The van der Waals surface area contributed by atoms with Crippen LogP contribution >= 0.6 is 0 Å². The molecule has 3 atom stereocenters. The molecule has 6 rings (SSSR count). The molecule has 0 spiro atoms. The lowest BCUT2D eigenvalue weighted by molar-refractivity contribution is -0.0743. The van der Waals surface area contributed by atoms with Crippen molar-refractivity contribution in [2.24, 2.45) is 7.05 Å². The number of alkyl halides is 2. The van der Waals surface area contributed by atoms with E-state index in [2.05, 4.69) is 20.5 Å². The van der Waals surface area contributed by atoms with Gasteiger partial charge in [-0.1, -0.05) is 6.07 Å². The Morgan fingerprint density at radius 3 is 2.60 bits per heavy atom. The molecule has 8 nitrogen and oxygen atoms in total. The smallest absolute Gasteiger partial charge is 0.283 e. The summed E-state index contributed by atoms with van der Waals surface area (Å²) in [6, 6.07) is 6.66. The monoisotopic (exact) mass is 480 g/mol. The molecule has 3 aliphatic rings. The second kappa shape index (κ2) is 8.08. The summed E-state index contributed by atoms with van der Waals surface area (Å²) in [5.41, 5.74) is 1.58. The number of nitrogens with zero attached hydrogens (tertiary/aromatic N) is 5. The molecule has 1 aromatic carbocycles. The van der Waals surface area contributed by atoms with E-state index in [4.69, 9.17) is 0 Å². The second-order valence-electron chi connectivity index (χ2n) is 9.79. The second-order valence-corrected chi connectivity index (χ2v) is 9.79. The molecule has 2 N–H and O–H groups in total. The van der Waals surface area contributed by atoms with Gasteiger partial charge in [0, 0.05) is 31.4 Å². The van der Waals surface area contributed by atoms with Gasteiger partial charge in [-0.2, -0.15) is 0 Å². The van der Waals surface area contributed by atoms with E-state index in [0.717, 1.165) is 19.3 Å². The quantitative estimate of drug-likeness (QED) is 0.579. The Morgan fingerprint density at radius 2 is 1.91 bits per heavy atom. The van der Waals surface area contributed by atoms with Crippen LogP contribution in [0.3, 0.4) is 0 Å². The van der Waals surface area contributed by atoms with Crippen molar-refractivity contribution >= 4 is 5.82 Å². The number of nitrogens with one attached hydrogen (secondary N) is 1. The van der Waals surface area contributed by atoms with Crippen molar-refractivity contribution in [3.8, 4) is 28.3 Å². The van der Waals surface area contributed by atoms with Crippen LogP contribution in [0.5, 0.6) is 5.75 Å². The number of benzene rings is 1. The molecule has 0 radical (unpaired) electrons. The third-order valence-corrected chi connectivity index (χ3v) is 7.42. The van der Waals surface area contributed by atoms with Gasteiger partial charge >= 0.3 is 0 Å². The van der Waals surface area contributed by atoms with Crippen molar-refractivity contribution in [3.05, 3.63) is 53.1 Å².